The van der Waals surface area contributed by atoms with E-state index in [9.17, 15) is 14.4 Å². The van der Waals surface area contributed by atoms with Crippen molar-refractivity contribution in [3.63, 3.8) is 0 Å². The van der Waals surface area contributed by atoms with Gasteiger partial charge in [0.15, 0.2) is 0 Å². The molecule has 0 radical (unpaired) electrons. The molecule has 0 spiro atoms. The first-order chi connectivity index (χ1) is 9.83. The lowest BCUT2D eigenvalue weighted by Crippen LogP contribution is -2.50. The molecule has 1 heterocycles. The van der Waals surface area contributed by atoms with E-state index < -0.39 is 36.4 Å². The third-order valence-corrected chi connectivity index (χ3v) is 3.44. The van der Waals surface area contributed by atoms with Crippen LogP contribution in [0.4, 0.5) is 0 Å². The van der Waals surface area contributed by atoms with Gasteiger partial charge in [0.05, 0.1) is 30.3 Å². The SMILES string of the molecule is COC(=O)[C@H](Cc1csc(C)n1)NC(=O)[C@@H](N)CC(=O)O. The second-order valence-electron chi connectivity index (χ2n) is 4.35. The Morgan fingerprint density at radius 2 is 2.19 bits per heavy atom. The number of carbonyl (C=O) groups excluding carboxylic acids is 2. The second kappa shape index (κ2) is 7.70. The fourth-order valence-corrected chi connectivity index (χ4v) is 2.23. The van der Waals surface area contributed by atoms with E-state index in [0.717, 1.165) is 5.01 Å². The molecule has 0 bridgehead atoms. The lowest BCUT2D eigenvalue weighted by molar-refractivity contribution is -0.145. The molecule has 8 nitrogen and oxygen atoms in total. The minimum atomic E-state index is -1.23. The minimum absolute atomic E-state index is 0.155. The molecule has 0 unspecified atom stereocenters. The molecule has 4 N–H and O–H groups in total. The van der Waals surface area contributed by atoms with Gasteiger partial charge in [-0.2, -0.15) is 0 Å². The number of carbonyl (C=O) groups is 3. The Bertz CT molecular complexity index is 531. The van der Waals surface area contributed by atoms with Crippen LogP contribution in [0.1, 0.15) is 17.1 Å². The average molecular weight is 315 g/mol. The summed E-state index contributed by atoms with van der Waals surface area (Å²) < 4.78 is 4.62. The molecule has 9 heteroatoms. The van der Waals surface area contributed by atoms with Gasteiger partial charge in [-0.1, -0.05) is 0 Å². The number of esters is 1. The Morgan fingerprint density at radius 3 is 2.67 bits per heavy atom. The molecule has 1 aromatic heterocycles. The Morgan fingerprint density at radius 1 is 1.52 bits per heavy atom. The van der Waals surface area contributed by atoms with Gasteiger partial charge in [-0.15, -0.1) is 11.3 Å². The monoisotopic (exact) mass is 315 g/mol. The van der Waals surface area contributed by atoms with Crippen molar-refractivity contribution in [2.45, 2.75) is 31.8 Å². The maximum Gasteiger partial charge on any atom is 0.328 e. The number of nitrogens with two attached hydrogens (primary N) is 1. The molecule has 2 atom stereocenters. The molecular weight excluding hydrogens is 298 g/mol. The molecule has 0 aliphatic carbocycles. The largest absolute Gasteiger partial charge is 0.481 e. The summed E-state index contributed by atoms with van der Waals surface area (Å²) in [5.41, 5.74) is 6.09. The first-order valence-corrected chi connectivity index (χ1v) is 6.98. The van der Waals surface area contributed by atoms with Gasteiger partial charge in [0.1, 0.15) is 6.04 Å². The number of carboxylic acid groups (broad SMARTS) is 1. The van der Waals surface area contributed by atoms with E-state index >= 15 is 0 Å². The van der Waals surface area contributed by atoms with Crippen molar-refractivity contribution in [1.82, 2.24) is 10.3 Å². The number of aryl methyl sites for hydroxylation is 1. The lowest BCUT2D eigenvalue weighted by atomic mass is 10.1. The van der Waals surface area contributed by atoms with Gasteiger partial charge in [-0.3, -0.25) is 9.59 Å². The van der Waals surface area contributed by atoms with E-state index in [1.165, 1.54) is 18.4 Å². The number of methoxy groups -OCH3 is 1. The number of hydrogen-bond acceptors (Lipinski definition) is 7. The van der Waals surface area contributed by atoms with Crippen LogP contribution < -0.4 is 11.1 Å². The van der Waals surface area contributed by atoms with E-state index in [-0.39, 0.29) is 6.42 Å². The van der Waals surface area contributed by atoms with E-state index in [1.807, 2.05) is 6.92 Å². The van der Waals surface area contributed by atoms with Gasteiger partial charge in [0, 0.05) is 11.8 Å². The highest BCUT2D eigenvalue weighted by molar-refractivity contribution is 7.09. The van der Waals surface area contributed by atoms with Crippen LogP contribution in [0, 0.1) is 6.92 Å². The predicted molar refractivity (Wildman–Crippen MR) is 74.7 cm³/mol. The maximum absolute atomic E-state index is 11.8. The van der Waals surface area contributed by atoms with Gasteiger partial charge in [0.25, 0.3) is 0 Å². The first-order valence-electron chi connectivity index (χ1n) is 6.10. The van der Waals surface area contributed by atoms with Gasteiger partial charge in [-0.05, 0) is 6.92 Å². The number of hydrogen-bond donors (Lipinski definition) is 3. The molecule has 0 aromatic carbocycles. The maximum atomic E-state index is 11.8. The smallest absolute Gasteiger partial charge is 0.328 e. The highest BCUT2D eigenvalue weighted by Gasteiger charge is 2.26. The quantitative estimate of drug-likeness (QED) is 0.575. The van der Waals surface area contributed by atoms with Crippen molar-refractivity contribution in [3.05, 3.63) is 16.1 Å². The standard InChI is InChI=1S/C12H17N3O5S/c1-6-14-7(5-21-6)3-9(12(19)20-2)15-11(18)8(13)4-10(16)17/h5,8-9H,3-4,13H2,1-2H3,(H,15,18)(H,16,17)/t8-,9-/m0/s1. The molecule has 0 fully saturated rings. The van der Waals surface area contributed by atoms with Crippen LogP contribution in [-0.2, 0) is 25.5 Å². The third kappa shape index (κ3) is 5.48. The first kappa shape index (κ1) is 17.1. The Hall–Kier alpha value is -2.00. The zero-order chi connectivity index (χ0) is 16.0. The fraction of sp³-hybridized carbons (Fsp3) is 0.500. The van der Waals surface area contributed by atoms with Crippen LogP contribution in [0.5, 0.6) is 0 Å². The summed E-state index contributed by atoms with van der Waals surface area (Å²) >= 11 is 1.42. The highest BCUT2D eigenvalue weighted by atomic mass is 32.1. The average Bonchev–Trinajstić information content (AvgIpc) is 2.81. The van der Waals surface area contributed by atoms with Crippen molar-refractivity contribution >= 4 is 29.2 Å². The Kier molecular flexibility index (Phi) is 6.25. The molecule has 0 aliphatic heterocycles. The third-order valence-electron chi connectivity index (χ3n) is 2.61. The van der Waals surface area contributed by atoms with Crippen LogP contribution in [0.3, 0.4) is 0 Å². The molecule has 21 heavy (non-hydrogen) atoms. The number of rotatable bonds is 7. The summed E-state index contributed by atoms with van der Waals surface area (Å²) in [5.74, 6) is -2.56. The summed E-state index contributed by atoms with van der Waals surface area (Å²) in [4.78, 5) is 38.2. The summed E-state index contributed by atoms with van der Waals surface area (Å²) in [7, 11) is 1.20. The zero-order valence-corrected chi connectivity index (χ0v) is 12.5. The number of nitrogens with one attached hydrogen (secondary N) is 1. The van der Waals surface area contributed by atoms with Crippen LogP contribution in [0.15, 0.2) is 5.38 Å². The molecule has 0 aliphatic rings. The number of aliphatic carboxylic acids is 1. The summed E-state index contributed by atoms with van der Waals surface area (Å²) in [5, 5.41) is 13.6. The van der Waals surface area contributed by atoms with E-state index in [2.05, 4.69) is 15.0 Å². The van der Waals surface area contributed by atoms with Gasteiger partial charge < -0.3 is 20.9 Å². The molecule has 1 aromatic rings. The number of ether oxygens (including phenoxy) is 1. The van der Waals surface area contributed by atoms with E-state index in [4.69, 9.17) is 10.8 Å². The molecule has 116 valence electrons. The van der Waals surface area contributed by atoms with Crippen molar-refractivity contribution in [2.75, 3.05) is 7.11 Å². The van der Waals surface area contributed by atoms with Crippen LogP contribution >= 0.6 is 11.3 Å². The van der Waals surface area contributed by atoms with Crippen molar-refractivity contribution < 1.29 is 24.2 Å². The minimum Gasteiger partial charge on any atom is -0.481 e. The number of carboxylic acids is 1. The molecule has 0 saturated carbocycles. The Balaban J connectivity index is 2.72. The Labute approximate surface area is 125 Å². The topological polar surface area (TPSA) is 132 Å². The van der Waals surface area contributed by atoms with E-state index in [1.54, 1.807) is 5.38 Å². The molecule has 0 saturated heterocycles. The molecule has 1 rings (SSSR count). The van der Waals surface area contributed by atoms with E-state index in [0.29, 0.717) is 5.69 Å². The molecular formula is C12H17N3O5S. The normalized spacial score (nSPS) is 13.3. The van der Waals surface area contributed by atoms with Gasteiger partial charge >= 0.3 is 11.9 Å². The van der Waals surface area contributed by atoms with Gasteiger partial charge in [-0.25, -0.2) is 9.78 Å². The predicted octanol–water partition coefficient (Wildman–Crippen LogP) is -0.546. The lowest BCUT2D eigenvalue weighted by Gasteiger charge is -2.17. The van der Waals surface area contributed by atoms with Crippen LogP contribution in [-0.4, -0.2) is 47.1 Å². The van der Waals surface area contributed by atoms with Crippen LogP contribution in [0.2, 0.25) is 0 Å². The highest BCUT2D eigenvalue weighted by Crippen LogP contribution is 2.10. The zero-order valence-electron chi connectivity index (χ0n) is 11.7. The van der Waals surface area contributed by atoms with Crippen molar-refractivity contribution in [2.24, 2.45) is 5.73 Å². The summed E-state index contributed by atoms with van der Waals surface area (Å²) in [6.45, 7) is 1.82. The summed E-state index contributed by atoms with van der Waals surface area (Å²) in [6.07, 6.45) is -0.363. The fourth-order valence-electron chi connectivity index (χ4n) is 1.61. The number of amides is 1. The second-order valence-corrected chi connectivity index (χ2v) is 5.41. The van der Waals surface area contributed by atoms with Crippen LogP contribution in [0.25, 0.3) is 0 Å². The number of thiazole rings is 1. The van der Waals surface area contributed by atoms with Gasteiger partial charge in [0.2, 0.25) is 5.91 Å². The summed E-state index contributed by atoms with van der Waals surface area (Å²) in [6, 6.07) is -2.18. The number of aromatic nitrogens is 1. The molecule has 1 amide bonds. The number of nitrogens with zero attached hydrogens (tertiary/aromatic N) is 1. The van der Waals surface area contributed by atoms with Crippen molar-refractivity contribution in [3.8, 4) is 0 Å². The van der Waals surface area contributed by atoms with Crippen molar-refractivity contribution in [1.29, 1.82) is 0 Å².